The van der Waals surface area contributed by atoms with E-state index in [1.165, 1.54) is 11.1 Å². The van der Waals surface area contributed by atoms with Crippen LogP contribution in [0.5, 0.6) is 5.75 Å². The molecular weight excluding hydrogens is 222 g/mol. The zero-order valence-corrected chi connectivity index (χ0v) is 12.4. The highest BCUT2D eigenvalue weighted by molar-refractivity contribution is 5.44. The Bertz CT molecular complexity index is 443. The Morgan fingerprint density at radius 2 is 1.94 bits per heavy atom. The van der Waals surface area contributed by atoms with E-state index in [9.17, 15) is 0 Å². The van der Waals surface area contributed by atoms with E-state index in [1.807, 2.05) is 0 Å². The summed E-state index contributed by atoms with van der Waals surface area (Å²) in [5.41, 5.74) is 3.21. The van der Waals surface area contributed by atoms with Gasteiger partial charge in [0.1, 0.15) is 5.75 Å². The third-order valence-electron chi connectivity index (χ3n) is 3.91. The molecule has 1 N–H and O–H groups in total. The monoisotopic (exact) mass is 247 g/mol. The van der Waals surface area contributed by atoms with Crippen molar-refractivity contribution in [1.29, 1.82) is 0 Å². The summed E-state index contributed by atoms with van der Waals surface area (Å²) in [5.74, 6) is 0.955. The van der Waals surface area contributed by atoms with Gasteiger partial charge in [0.05, 0.1) is 7.11 Å². The number of nitrogens with one attached hydrogen (secondary N) is 1. The van der Waals surface area contributed by atoms with Gasteiger partial charge in [-0.3, -0.25) is 0 Å². The Morgan fingerprint density at radius 1 is 1.28 bits per heavy atom. The molecule has 0 bridgehead atoms. The molecule has 100 valence electrons. The predicted molar refractivity (Wildman–Crippen MR) is 76.2 cm³/mol. The van der Waals surface area contributed by atoms with Crippen molar-refractivity contribution < 1.29 is 4.74 Å². The molecule has 2 rings (SSSR count). The Hall–Kier alpha value is -1.02. The Labute approximate surface area is 111 Å². The Balaban J connectivity index is 2.55. The van der Waals surface area contributed by atoms with Crippen molar-refractivity contribution in [1.82, 2.24) is 5.32 Å². The Kier molecular flexibility index (Phi) is 3.18. The van der Waals surface area contributed by atoms with E-state index in [-0.39, 0.29) is 10.8 Å². The highest BCUT2D eigenvalue weighted by Gasteiger charge is 2.37. The second-order valence-electron chi connectivity index (χ2n) is 7.02. The minimum absolute atomic E-state index is 0.158. The first-order valence-corrected chi connectivity index (χ1v) is 6.67. The lowest BCUT2D eigenvalue weighted by Crippen LogP contribution is -2.46. The largest absolute Gasteiger partial charge is 0.497 e. The maximum Gasteiger partial charge on any atom is 0.119 e. The van der Waals surface area contributed by atoms with Crippen LogP contribution in [0.3, 0.4) is 0 Å². The smallest absolute Gasteiger partial charge is 0.119 e. The molecule has 0 aromatic heterocycles. The molecule has 0 spiro atoms. The lowest BCUT2D eigenvalue weighted by molar-refractivity contribution is 0.235. The topological polar surface area (TPSA) is 21.3 Å². The van der Waals surface area contributed by atoms with E-state index in [0.29, 0.717) is 6.04 Å². The molecular formula is C16H25NO. The van der Waals surface area contributed by atoms with Gasteiger partial charge in [0.2, 0.25) is 0 Å². The van der Waals surface area contributed by atoms with Gasteiger partial charge in [0, 0.05) is 18.0 Å². The fourth-order valence-corrected chi connectivity index (χ4v) is 2.84. The minimum atomic E-state index is 0.158. The zero-order chi connectivity index (χ0) is 13.6. The number of hydrogen-bond acceptors (Lipinski definition) is 2. The van der Waals surface area contributed by atoms with Crippen molar-refractivity contribution in [2.75, 3.05) is 13.7 Å². The summed E-state index contributed by atoms with van der Waals surface area (Å²) in [4.78, 5) is 0. The van der Waals surface area contributed by atoms with Crippen LogP contribution in [-0.4, -0.2) is 13.7 Å². The first kappa shape index (κ1) is 13.4. The van der Waals surface area contributed by atoms with Crippen molar-refractivity contribution in [3.05, 3.63) is 29.3 Å². The third kappa shape index (κ3) is 2.26. The summed E-state index contributed by atoms with van der Waals surface area (Å²) in [6.45, 7) is 12.5. The molecule has 1 aromatic rings. The van der Waals surface area contributed by atoms with E-state index in [1.54, 1.807) is 7.11 Å². The highest BCUT2D eigenvalue weighted by Crippen LogP contribution is 2.43. The van der Waals surface area contributed by atoms with Crippen molar-refractivity contribution in [2.24, 2.45) is 5.41 Å². The van der Waals surface area contributed by atoms with E-state index in [4.69, 9.17) is 4.74 Å². The van der Waals surface area contributed by atoms with Crippen LogP contribution in [0.25, 0.3) is 0 Å². The Morgan fingerprint density at radius 3 is 2.50 bits per heavy atom. The average molecular weight is 247 g/mol. The van der Waals surface area contributed by atoms with Crippen LogP contribution in [0.4, 0.5) is 0 Å². The predicted octanol–water partition coefficient (Wildman–Crippen LogP) is 3.66. The van der Waals surface area contributed by atoms with Gasteiger partial charge in [-0.15, -0.1) is 0 Å². The molecule has 0 aliphatic carbocycles. The fraction of sp³-hybridized carbons (Fsp3) is 0.625. The molecule has 0 saturated heterocycles. The van der Waals surface area contributed by atoms with Gasteiger partial charge in [-0.25, -0.2) is 0 Å². The minimum Gasteiger partial charge on any atom is -0.497 e. The molecule has 0 radical (unpaired) electrons. The summed E-state index contributed by atoms with van der Waals surface area (Å²) in [6, 6.07) is 6.90. The van der Waals surface area contributed by atoms with Crippen LogP contribution in [0.15, 0.2) is 18.2 Å². The number of methoxy groups -OCH3 is 1. The molecule has 2 nitrogen and oxygen atoms in total. The van der Waals surface area contributed by atoms with Gasteiger partial charge in [-0.1, -0.05) is 40.7 Å². The molecule has 2 heteroatoms. The summed E-state index contributed by atoms with van der Waals surface area (Å²) in [5, 5.41) is 3.70. The number of fused-ring (bicyclic) bond motifs is 1. The first-order valence-electron chi connectivity index (χ1n) is 6.67. The summed E-state index contributed by atoms with van der Waals surface area (Å²) in [7, 11) is 1.73. The van der Waals surface area contributed by atoms with E-state index in [0.717, 1.165) is 12.3 Å². The second kappa shape index (κ2) is 4.27. The van der Waals surface area contributed by atoms with Gasteiger partial charge in [0.25, 0.3) is 0 Å². The molecule has 1 heterocycles. The number of rotatable bonds is 1. The summed E-state index contributed by atoms with van der Waals surface area (Å²) < 4.78 is 5.37. The molecule has 1 aromatic carbocycles. The molecule has 18 heavy (non-hydrogen) atoms. The van der Waals surface area contributed by atoms with Gasteiger partial charge in [-0.2, -0.15) is 0 Å². The van der Waals surface area contributed by atoms with Crippen molar-refractivity contribution in [3.8, 4) is 5.75 Å². The van der Waals surface area contributed by atoms with Crippen LogP contribution in [0.1, 0.15) is 51.8 Å². The molecule has 1 atom stereocenters. The van der Waals surface area contributed by atoms with Crippen LogP contribution < -0.4 is 10.1 Å². The van der Waals surface area contributed by atoms with E-state index >= 15 is 0 Å². The van der Waals surface area contributed by atoms with E-state index in [2.05, 4.69) is 58.1 Å². The zero-order valence-electron chi connectivity index (χ0n) is 12.4. The van der Waals surface area contributed by atoms with E-state index < -0.39 is 0 Å². The summed E-state index contributed by atoms with van der Waals surface area (Å²) >= 11 is 0. The van der Waals surface area contributed by atoms with Gasteiger partial charge in [0.15, 0.2) is 0 Å². The number of ether oxygens (including phenoxy) is 1. The maximum atomic E-state index is 5.37. The lowest BCUT2D eigenvalue weighted by atomic mass is 9.71. The second-order valence-corrected chi connectivity index (χ2v) is 7.02. The first-order chi connectivity index (χ1) is 8.25. The molecule has 1 unspecified atom stereocenters. The normalized spacial score (nSPS) is 22.4. The maximum absolute atomic E-state index is 5.37. The number of hydrogen-bond donors (Lipinski definition) is 1. The average Bonchev–Trinajstić information content (AvgIpc) is 2.27. The molecule has 1 aliphatic heterocycles. The van der Waals surface area contributed by atoms with Crippen molar-refractivity contribution in [2.45, 2.75) is 46.1 Å². The molecule has 0 amide bonds. The molecule has 1 aliphatic rings. The lowest BCUT2D eigenvalue weighted by Gasteiger charge is -2.43. The van der Waals surface area contributed by atoms with Gasteiger partial charge >= 0.3 is 0 Å². The van der Waals surface area contributed by atoms with Crippen LogP contribution in [0.2, 0.25) is 0 Å². The number of benzene rings is 1. The quantitative estimate of drug-likeness (QED) is 0.817. The van der Waals surface area contributed by atoms with Crippen molar-refractivity contribution >= 4 is 0 Å². The van der Waals surface area contributed by atoms with Gasteiger partial charge < -0.3 is 10.1 Å². The third-order valence-corrected chi connectivity index (χ3v) is 3.91. The van der Waals surface area contributed by atoms with Gasteiger partial charge in [-0.05, 0) is 28.7 Å². The molecule has 0 fully saturated rings. The summed E-state index contributed by atoms with van der Waals surface area (Å²) in [6.07, 6.45) is 0. The van der Waals surface area contributed by atoms with Crippen molar-refractivity contribution in [3.63, 3.8) is 0 Å². The van der Waals surface area contributed by atoms with Crippen LogP contribution >= 0.6 is 0 Å². The standard InChI is InChI=1S/C16H25NO/c1-15(2,3)14-12-8-7-11(18-6)9-13(12)16(4,5)10-17-14/h7-9,14,17H,10H2,1-6H3. The highest BCUT2D eigenvalue weighted by atomic mass is 16.5. The fourth-order valence-electron chi connectivity index (χ4n) is 2.84. The molecule has 0 saturated carbocycles. The SMILES string of the molecule is COc1ccc2c(c1)C(C)(C)CNC2C(C)(C)C. The van der Waals surface area contributed by atoms with Crippen LogP contribution in [-0.2, 0) is 5.41 Å². The van der Waals surface area contributed by atoms with Crippen LogP contribution in [0, 0.1) is 5.41 Å².